The van der Waals surface area contributed by atoms with Gasteiger partial charge in [-0.1, -0.05) is 11.6 Å². The molecule has 0 unspecified atom stereocenters. The van der Waals surface area contributed by atoms with Crippen LogP contribution in [-0.4, -0.2) is 22.6 Å². The number of thiazole rings is 1. The lowest BCUT2D eigenvalue weighted by Gasteiger charge is -2.22. The van der Waals surface area contributed by atoms with Crippen LogP contribution in [0.1, 0.15) is 4.88 Å². The average Bonchev–Trinajstić information content (AvgIpc) is 2.81. The van der Waals surface area contributed by atoms with E-state index in [4.69, 9.17) is 16.7 Å². The number of carboxylic acids is 1. The van der Waals surface area contributed by atoms with Gasteiger partial charge in [0.05, 0.1) is 12.1 Å². The second-order valence-corrected chi connectivity index (χ2v) is 5.10. The minimum absolute atomic E-state index is 0.0560. The van der Waals surface area contributed by atoms with Crippen LogP contribution in [0, 0.1) is 0 Å². The van der Waals surface area contributed by atoms with Crippen molar-refractivity contribution in [1.82, 2.24) is 4.98 Å². The molecule has 1 aromatic heterocycles. The molecule has 1 aromatic carbocycles. The molecule has 6 heteroatoms. The van der Waals surface area contributed by atoms with Crippen LogP contribution in [0.3, 0.4) is 0 Å². The summed E-state index contributed by atoms with van der Waals surface area (Å²) in [5.41, 5.74) is 2.56. The van der Waals surface area contributed by atoms with Crippen LogP contribution in [0.5, 0.6) is 0 Å². The number of halogens is 1. The Hall–Kier alpha value is -1.59. The van der Waals surface area contributed by atoms with Crippen LogP contribution in [0.15, 0.2) is 36.0 Å². The smallest absolute Gasteiger partial charge is 0.323 e. The quantitative estimate of drug-likeness (QED) is 0.916. The van der Waals surface area contributed by atoms with Crippen molar-refractivity contribution in [3.63, 3.8) is 0 Å². The van der Waals surface area contributed by atoms with Gasteiger partial charge in [0, 0.05) is 21.8 Å². The number of rotatable bonds is 5. The Morgan fingerprint density at radius 2 is 2.11 bits per heavy atom. The molecule has 0 fully saturated rings. The van der Waals surface area contributed by atoms with Crippen LogP contribution in [0.4, 0.5) is 5.69 Å². The Morgan fingerprint density at radius 3 is 2.67 bits per heavy atom. The highest BCUT2D eigenvalue weighted by molar-refractivity contribution is 7.09. The fraction of sp³-hybridized carbons (Fsp3) is 0.167. The van der Waals surface area contributed by atoms with E-state index in [1.54, 1.807) is 28.7 Å². The SMILES string of the molecule is O=C(O)CN(Cc1cncs1)c1ccc(Cl)cc1. The Kier molecular flexibility index (Phi) is 4.17. The van der Waals surface area contributed by atoms with E-state index in [0.29, 0.717) is 11.6 Å². The van der Waals surface area contributed by atoms with Crippen molar-refractivity contribution in [2.75, 3.05) is 11.4 Å². The van der Waals surface area contributed by atoms with Gasteiger partial charge >= 0.3 is 5.97 Å². The maximum absolute atomic E-state index is 10.9. The van der Waals surface area contributed by atoms with Gasteiger partial charge in [-0.2, -0.15) is 0 Å². The molecule has 0 amide bonds. The summed E-state index contributed by atoms with van der Waals surface area (Å²) in [6, 6.07) is 7.12. The van der Waals surface area contributed by atoms with Gasteiger partial charge in [0.15, 0.2) is 0 Å². The number of benzene rings is 1. The highest BCUT2D eigenvalue weighted by Gasteiger charge is 2.12. The highest BCUT2D eigenvalue weighted by Crippen LogP contribution is 2.21. The van der Waals surface area contributed by atoms with Gasteiger partial charge in [-0.05, 0) is 24.3 Å². The number of aliphatic carboxylic acids is 1. The first kappa shape index (κ1) is 12.9. The summed E-state index contributed by atoms with van der Waals surface area (Å²) in [6.45, 7) is 0.470. The van der Waals surface area contributed by atoms with Crippen LogP contribution in [-0.2, 0) is 11.3 Å². The standard InChI is InChI=1S/C12H11ClN2O2S/c13-9-1-3-10(4-2-9)15(7-12(16)17)6-11-5-14-8-18-11/h1-5,8H,6-7H2,(H,16,17). The lowest BCUT2D eigenvalue weighted by atomic mass is 10.2. The predicted molar refractivity (Wildman–Crippen MR) is 72.3 cm³/mol. The lowest BCUT2D eigenvalue weighted by molar-refractivity contribution is -0.135. The Labute approximate surface area is 113 Å². The largest absolute Gasteiger partial charge is 0.480 e. The minimum Gasteiger partial charge on any atom is -0.480 e. The molecule has 0 radical (unpaired) electrons. The number of aromatic nitrogens is 1. The molecule has 4 nitrogen and oxygen atoms in total. The molecule has 0 saturated carbocycles. The fourth-order valence-corrected chi connectivity index (χ4v) is 2.30. The molecule has 94 valence electrons. The Morgan fingerprint density at radius 1 is 1.39 bits per heavy atom. The van der Waals surface area contributed by atoms with E-state index in [9.17, 15) is 4.79 Å². The fourth-order valence-electron chi connectivity index (χ4n) is 1.56. The van der Waals surface area contributed by atoms with Gasteiger partial charge in [-0.3, -0.25) is 9.78 Å². The van der Waals surface area contributed by atoms with E-state index in [1.165, 1.54) is 11.3 Å². The average molecular weight is 283 g/mol. The van der Waals surface area contributed by atoms with Crippen molar-refractivity contribution in [2.45, 2.75) is 6.54 Å². The first-order valence-corrected chi connectivity index (χ1v) is 6.50. The second kappa shape index (κ2) is 5.84. The van der Waals surface area contributed by atoms with Crippen LogP contribution >= 0.6 is 22.9 Å². The van der Waals surface area contributed by atoms with E-state index in [-0.39, 0.29) is 6.54 Å². The van der Waals surface area contributed by atoms with E-state index in [0.717, 1.165) is 10.6 Å². The van der Waals surface area contributed by atoms with Crippen molar-refractivity contribution < 1.29 is 9.90 Å². The number of anilines is 1. The molecule has 0 spiro atoms. The summed E-state index contributed by atoms with van der Waals surface area (Å²) in [5.74, 6) is -0.866. The van der Waals surface area contributed by atoms with Gasteiger partial charge in [0.1, 0.15) is 6.54 Å². The van der Waals surface area contributed by atoms with Gasteiger partial charge < -0.3 is 10.0 Å². The molecule has 1 heterocycles. The number of hydrogen-bond donors (Lipinski definition) is 1. The third-order valence-electron chi connectivity index (χ3n) is 2.35. The highest BCUT2D eigenvalue weighted by atomic mass is 35.5. The summed E-state index contributed by atoms with van der Waals surface area (Å²) in [7, 11) is 0. The Balaban J connectivity index is 2.19. The number of hydrogen-bond acceptors (Lipinski definition) is 4. The molecule has 2 aromatic rings. The van der Waals surface area contributed by atoms with E-state index in [1.807, 2.05) is 12.1 Å². The zero-order chi connectivity index (χ0) is 13.0. The van der Waals surface area contributed by atoms with Crippen LogP contribution in [0.2, 0.25) is 5.02 Å². The van der Waals surface area contributed by atoms with Crippen molar-refractivity contribution in [1.29, 1.82) is 0 Å². The number of carboxylic acid groups (broad SMARTS) is 1. The van der Waals surface area contributed by atoms with Crippen molar-refractivity contribution >= 4 is 34.6 Å². The second-order valence-electron chi connectivity index (χ2n) is 3.69. The van der Waals surface area contributed by atoms with Gasteiger partial charge in [0.25, 0.3) is 0 Å². The summed E-state index contributed by atoms with van der Waals surface area (Å²) in [4.78, 5) is 17.7. The number of nitrogens with zero attached hydrogens (tertiary/aromatic N) is 2. The predicted octanol–water partition coefficient (Wildman–Crippen LogP) is 2.89. The van der Waals surface area contributed by atoms with Gasteiger partial charge in [-0.25, -0.2) is 0 Å². The molecule has 1 N–H and O–H groups in total. The van der Waals surface area contributed by atoms with E-state index >= 15 is 0 Å². The summed E-state index contributed by atoms with van der Waals surface area (Å²) in [6.07, 6.45) is 1.75. The van der Waals surface area contributed by atoms with Crippen molar-refractivity contribution in [2.24, 2.45) is 0 Å². The van der Waals surface area contributed by atoms with E-state index < -0.39 is 5.97 Å². The Bertz CT molecular complexity index is 513. The summed E-state index contributed by atoms with van der Waals surface area (Å²) < 4.78 is 0. The molecule has 0 aliphatic carbocycles. The molecule has 0 aliphatic rings. The molecule has 0 atom stereocenters. The lowest BCUT2D eigenvalue weighted by Crippen LogP contribution is -2.28. The molecule has 0 bridgehead atoms. The topological polar surface area (TPSA) is 53.4 Å². The molecule has 0 saturated heterocycles. The minimum atomic E-state index is -0.866. The van der Waals surface area contributed by atoms with Gasteiger partial charge in [0.2, 0.25) is 0 Å². The van der Waals surface area contributed by atoms with Crippen molar-refractivity contribution in [3.8, 4) is 0 Å². The van der Waals surface area contributed by atoms with Gasteiger partial charge in [-0.15, -0.1) is 11.3 Å². The zero-order valence-corrected chi connectivity index (χ0v) is 11.0. The molecular weight excluding hydrogens is 272 g/mol. The normalized spacial score (nSPS) is 10.3. The third-order valence-corrected chi connectivity index (χ3v) is 3.36. The van der Waals surface area contributed by atoms with Crippen LogP contribution in [0.25, 0.3) is 0 Å². The molecule has 18 heavy (non-hydrogen) atoms. The third kappa shape index (κ3) is 3.45. The summed E-state index contributed by atoms with van der Waals surface area (Å²) >= 11 is 7.33. The maximum atomic E-state index is 10.9. The molecule has 0 aliphatic heterocycles. The number of carbonyl (C=O) groups is 1. The monoisotopic (exact) mass is 282 g/mol. The summed E-state index contributed by atoms with van der Waals surface area (Å²) in [5, 5.41) is 9.58. The molecule has 2 rings (SSSR count). The van der Waals surface area contributed by atoms with Crippen molar-refractivity contribution in [3.05, 3.63) is 45.9 Å². The maximum Gasteiger partial charge on any atom is 0.323 e. The van der Waals surface area contributed by atoms with E-state index in [2.05, 4.69) is 4.98 Å². The first-order chi connectivity index (χ1) is 8.65. The first-order valence-electron chi connectivity index (χ1n) is 5.25. The molecular formula is C12H11ClN2O2S. The zero-order valence-electron chi connectivity index (χ0n) is 9.41. The van der Waals surface area contributed by atoms with Crippen LogP contribution < -0.4 is 4.90 Å².